The van der Waals surface area contributed by atoms with Crippen LogP contribution in [0.25, 0.3) is 10.8 Å². The Morgan fingerprint density at radius 3 is 1.87 bits per heavy atom. The van der Waals surface area contributed by atoms with E-state index < -0.39 is 0 Å². The predicted octanol–water partition coefficient (Wildman–Crippen LogP) is 1.08. The van der Waals surface area contributed by atoms with Crippen LogP contribution >= 0.6 is 0 Å². The molecule has 0 aliphatic carbocycles. The number of fused-ring (bicyclic) bond motifs is 1. The van der Waals surface area contributed by atoms with E-state index in [9.17, 15) is 0 Å². The molecule has 0 saturated carbocycles. The van der Waals surface area contributed by atoms with E-state index in [0.29, 0.717) is 0 Å². The molecule has 5 aromatic carbocycles. The van der Waals surface area contributed by atoms with Crippen molar-refractivity contribution in [2.75, 3.05) is 0 Å². The van der Waals surface area contributed by atoms with Gasteiger partial charge in [-0.15, -0.1) is 29.7 Å². The monoisotopic (exact) mass is 520 g/mol. The molecule has 0 saturated heterocycles. The molecule has 0 fully saturated rings. The van der Waals surface area contributed by atoms with Crippen molar-refractivity contribution in [2.45, 2.75) is 6.92 Å². The Labute approximate surface area is 212 Å². The molecule has 3 heteroatoms. The van der Waals surface area contributed by atoms with E-state index in [1.54, 1.807) is 0 Å². The average molecular weight is 523 g/mol. The molecule has 0 radical (unpaired) electrons. The third-order valence-corrected chi connectivity index (χ3v) is 5.95. The Morgan fingerprint density at radius 1 is 0.645 bits per heavy atom. The molecule has 0 aromatic heterocycles. The number of halogens is 2. The van der Waals surface area contributed by atoms with Crippen LogP contribution in [0.2, 0.25) is 0 Å². The van der Waals surface area contributed by atoms with Gasteiger partial charge in [0.1, 0.15) is 0 Å². The first-order valence-corrected chi connectivity index (χ1v) is 11.0. The summed E-state index contributed by atoms with van der Waals surface area (Å²) in [6, 6.07) is 43.8. The topological polar surface area (TPSA) is 0 Å². The number of hydrogen-bond acceptors (Lipinski definition) is 0. The third-order valence-electron chi connectivity index (χ3n) is 4.58. The van der Waals surface area contributed by atoms with Crippen LogP contribution < -0.4 is 24.8 Å². The first-order chi connectivity index (χ1) is 14.3. The molecule has 5 rings (SSSR count). The summed E-state index contributed by atoms with van der Waals surface area (Å²) in [5.41, 5.74) is 4.07. The molecule has 0 atom stereocenters. The van der Waals surface area contributed by atoms with Gasteiger partial charge in [0, 0.05) is 0 Å². The van der Waals surface area contributed by atoms with Gasteiger partial charge in [-0.1, -0.05) is 6.07 Å². The van der Waals surface area contributed by atoms with E-state index >= 15 is 0 Å². The van der Waals surface area contributed by atoms with Gasteiger partial charge in [-0.25, -0.2) is 12.1 Å². The summed E-state index contributed by atoms with van der Waals surface area (Å²) in [7, 11) is 0. The Morgan fingerprint density at radius 2 is 1.26 bits per heavy atom. The zero-order chi connectivity index (χ0) is 20.3. The second kappa shape index (κ2) is 14.9. The first-order valence-electron chi connectivity index (χ1n) is 9.73. The normalized spacial score (nSPS) is 9.13. The van der Waals surface area contributed by atoms with Crippen molar-refractivity contribution >= 4 is 14.0 Å². The minimum absolute atomic E-state index is 0. The number of benzene rings is 3. The molecule has 156 valence electrons. The summed E-state index contributed by atoms with van der Waals surface area (Å²) >= 11 is 1.47. The third kappa shape index (κ3) is 8.54. The molecular formula is C28H24Cl2Zr-2. The quantitative estimate of drug-likeness (QED) is 0.305. The van der Waals surface area contributed by atoms with Crippen molar-refractivity contribution in [3.63, 3.8) is 0 Å². The summed E-state index contributed by atoms with van der Waals surface area (Å²) in [4.78, 5) is 0. The second-order valence-corrected chi connectivity index (χ2v) is 7.90. The Kier molecular flexibility index (Phi) is 12.9. The first kappa shape index (κ1) is 27.0. The zero-order valence-electron chi connectivity index (χ0n) is 17.4. The Bertz CT molecular complexity index is 1080. The van der Waals surface area contributed by atoms with Crippen LogP contribution in [0, 0.1) is 6.92 Å². The van der Waals surface area contributed by atoms with Gasteiger partial charge < -0.3 is 24.8 Å². The van der Waals surface area contributed by atoms with E-state index in [1.807, 2.05) is 30.3 Å². The fourth-order valence-corrected chi connectivity index (χ4v) is 4.10. The largest absolute Gasteiger partial charge is 1.00 e. The van der Waals surface area contributed by atoms with Crippen molar-refractivity contribution in [3.8, 4) is 0 Å². The Hall–Kier alpha value is -2.05. The molecule has 0 aliphatic rings. The van der Waals surface area contributed by atoms with Crippen LogP contribution in [0.15, 0.2) is 127 Å². The summed E-state index contributed by atoms with van der Waals surface area (Å²) in [5, 5.41) is 2.66. The maximum Gasteiger partial charge on any atom is -0.0809 e. The van der Waals surface area contributed by atoms with Gasteiger partial charge >= 0.3 is 106 Å². The van der Waals surface area contributed by atoms with Crippen LogP contribution in [0.4, 0.5) is 0 Å². The number of rotatable bonds is 2. The summed E-state index contributed by atoms with van der Waals surface area (Å²) in [6.45, 7) is 2.17. The van der Waals surface area contributed by atoms with Crippen molar-refractivity contribution < 1.29 is 49.0 Å². The minimum Gasteiger partial charge on any atom is -1.00 e. The van der Waals surface area contributed by atoms with Crippen LogP contribution in [-0.4, -0.2) is 3.21 Å². The molecule has 0 unspecified atom stereocenters. The van der Waals surface area contributed by atoms with Crippen LogP contribution in [0.3, 0.4) is 0 Å². The van der Waals surface area contributed by atoms with E-state index in [2.05, 4.69) is 104 Å². The van der Waals surface area contributed by atoms with Gasteiger partial charge in [-0.05, 0) is 0 Å². The van der Waals surface area contributed by atoms with Crippen molar-refractivity contribution in [2.24, 2.45) is 0 Å². The van der Waals surface area contributed by atoms with Gasteiger partial charge in [0.15, 0.2) is 0 Å². The molecule has 31 heavy (non-hydrogen) atoms. The maximum atomic E-state index is 2.20. The van der Waals surface area contributed by atoms with E-state index in [4.69, 9.17) is 0 Å². The van der Waals surface area contributed by atoms with Gasteiger partial charge in [0.25, 0.3) is 0 Å². The molecule has 0 N–H and O–H groups in total. The van der Waals surface area contributed by atoms with Crippen LogP contribution in [-0.2, 0) is 24.2 Å². The predicted molar refractivity (Wildman–Crippen MR) is 122 cm³/mol. The molecular weight excluding hydrogens is 498 g/mol. The van der Waals surface area contributed by atoms with E-state index in [0.717, 1.165) is 0 Å². The fourth-order valence-electron chi connectivity index (χ4n) is 3.00. The molecule has 0 bridgehead atoms. The maximum absolute atomic E-state index is 2.20. The number of aryl methyl sites for hydroxylation is 1. The SMILES string of the molecule is Cc1ccccc1[C](=[Zr+2])c1ccccc1.[Cl-].[Cl-].c1cc[cH-]c1.c1ccc2[cH-]ccc2c1. The van der Waals surface area contributed by atoms with Crippen molar-refractivity contribution in [1.82, 2.24) is 0 Å². The summed E-state index contributed by atoms with van der Waals surface area (Å²) in [6.07, 6.45) is 0. The van der Waals surface area contributed by atoms with Crippen LogP contribution in [0.5, 0.6) is 0 Å². The van der Waals surface area contributed by atoms with Gasteiger partial charge in [0.2, 0.25) is 0 Å². The van der Waals surface area contributed by atoms with Gasteiger partial charge in [-0.3, -0.25) is 0 Å². The second-order valence-electron chi connectivity index (χ2n) is 6.67. The Balaban J connectivity index is 0.000000255. The molecule has 5 aromatic rings. The van der Waals surface area contributed by atoms with Gasteiger partial charge in [0.05, 0.1) is 0 Å². The van der Waals surface area contributed by atoms with E-state index in [1.165, 1.54) is 54.9 Å². The molecule has 0 aliphatic heterocycles. The van der Waals surface area contributed by atoms with Crippen LogP contribution in [0.1, 0.15) is 16.7 Å². The van der Waals surface area contributed by atoms with Crippen molar-refractivity contribution in [3.05, 3.63) is 144 Å². The minimum atomic E-state index is 0. The average Bonchev–Trinajstić information content (AvgIpc) is 3.50. The van der Waals surface area contributed by atoms with E-state index in [-0.39, 0.29) is 24.8 Å². The summed E-state index contributed by atoms with van der Waals surface area (Å²) < 4.78 is 1.43. The molecule has 0 heterocycles. The molecule has 0 nitrogen and oxygen atoms in total. The fraction of sp³-hybridized carbons (Fsp3) is 0.0357. The van der Waals surface area contributed by atoms with Gasteiger partial charge in [-0.2, -0.15) is 35.7 Å². The number of hydrogen-bond donors (Lipinski definition) is 0. The standard InChI is InChI=1S/C14H12.C9H7.C5H5.2ClH.Zr/c1-12-7-5-6-10-14(12)11-13-8-3-2-4-9-13;1-2-5-9-7-3-6-8(9)4-1;1-2-4-5-3-1;;;/h2-10H,1H3;1-7H;1-5H;2*1H;/q;2*-1;;;+2/p-2. The summed E-state index contributed by atoms with van der Waals surface area (Å²) in [5.74, 6) is 0. The zero-order valence-corrected chi connectivity index (χ0v) is 21.4. The molecule has 0 amide bonds. The molecule has 0 spiro atoms. The van der Waals surface area contributed by atoms with Crippen molar-refractivity contribution in [1.29, 1.82) is 0 Å². The smallest absolute Gasteiger partial charge is 0.0809 e.